The van der Waals surface area contributed by atoms with Crippen LogP contribution in [0.3, 0.4) is 0 Å². The number of hydrogen-bond donors (Lipinski definition) is 0. The summed E-state index contributed by atoms with van der Waals surface area (Å²) >= 11 is 0. The molecule has 1 radical (unpaired) electrons. The molecule has 0 atom stereocenters. The number of hydrogen-bond acceptors (Lipinski definition) is 1. The average Bonchev–Trinajstić information content (AvgIpc) is 2.34. The Balaban J connectivity index is 2.11. The molecule has 0 aromatic carbocycles. The molecule has 0 spiro atoms. The molecule has 1 aliphatic rings. The molecule has 0 bridgehead atoms. The van der Waals surface area contributed by atoms with Crippen molar-refractivity contribution < 1.29 is 0 Å². The van der Waals surface area contributed by atoms with Crippen molar-refractivity contribution in [2.45, 2.75) is 12.8 Å². The molecule has 1 rings (SSSR count). The second kappa shape index (κ2) is 3.67. The van der Waals surface area contributed by atoms with Crippen LogP contribution in [0.15, 0.2) is 12.2 Å². The Hall–Kier alpha value is -0.300. The third-order valence-corrected chi connectivity index (χ3v) is 1.73. The van der Waals surface area contributed by atoms with Crippen molar-refractivity contribution in [2.24, 2.45) is 0 Å². The molecule has 0 saturated carbocycles. The van der Waals surface area contributed by atoms with Gasteiger partial charge in [-0.05, 0) is 32.9 Å². The summed E-state index contributed by atoms with van der Waals surface area (Å²) in [4.78, 5) is 2.45. The van der Waals surface area contributed by atoms with Crippen LogP contribution in [-0.2, 0) is 0 Å². The smallest absolute Gasteiger partial charge is 0.0163 e. The van der Waals surface area contributed by atoms with Crippen LogP contribution in [0.1, 0.15) is 12.8 Å². The molecular formula is C8H14N. The zero-order valence-electron chi connectivity index (χ0n) is 5.84. The van der Waals surface area contributed by atoms with Crippen molar-refractivity contribution in [3.8, 4) is 0 Å². The van der Waals surface area contributed by atoms with E-state index in [1.807, 2.05) is 6.08 Å². The fourth-order valence-corrected chi connectivity index (χ4v) is 1.19. The number of nitrogens with zero attached hydrogens (tertiary/aromatic N) is 1. The van der Waals surface area contributed by atoms with Gasteiger partial charge in [-0.3, -0.25) is 4.90 Å². The molecule has 1 fully saturated rings. The van der Waals surface area contributed by atoms with Crippen molar-refractivity contribution >= 4 is 0 Å². The molecule has 0 unspecified atom stereocenters. The Morgan fingerprint density at radius 2 is 2.00 bits per heavy atom. The third-order valence-electron chi connectivity index (χ3n) is 1.73. The maximum Gasteiger partial charge on any atom is 0.0163 e. The number of allylic oxidation sites excluding steroid dienone is 1. The van der Waals surface area contributed by atoms with Gasteiger partial charge < -0.3 is 0 Å². The number of rotatable bonds is 2. The van der Waals surface area contributed by atoms with Crippen molar-refractivity contribution in [3.63, 3.8) is 0 Å². The van der Waals surface area contributed by atoms with E-state index < -0.39 is 0 Å². The van der Waals surface area contributed by atoms with E-state index >= 15 is 0 Å². The first-order valence-electron chi connectivity index (χ1n) is 3.60. The number of likely N-dealkylation sites (tertiary alicyclic amines) is 1. The van der Waals surface area contributed by atoms with Crippen LogP contribution in [0.2, 0.25) is 0 Å². The Kier molecular flexibility index (Phi) is 2.78. The summed E-state index contributed by atoms with van der Waals surface area (Å²) in [6, 6.07) is 0. The topological polar surface area (TPSA) is 3.24 Å². The van der Waals surface area contributed by atoms with E-state index in [0.29, 0.717) is 0 Å². The predicted molar refractivity (Wildman–Crippen MR) is 40.2 cm³/mol. The molecule has 1 heteroatoms. The van der Waals surface area contributed by atoms with Crippen LogP contribution >= 0.6 is 0 Å². The fourth-order valence-electron chi connectivity index (χ4n) is 1.19. The molecule has 1 aliphatic heterocycles. The Labute approximate surface area is 57.4 Å². The standard InChI is InChI=1S/C8H14N/c1-2-3-6-9-7-4-5-8-9/h2-3H,1,4-8H2. The molecule has 0 aromatic rings. The fraction of sp³-hybridized carbons (Fsp3) is 0.625. The molecule has 0 N–H and O–H groups in total. The van der Waals surface area contributed by atoms with Gasteiger partial charge in [-0.1, -0.05) is 12.2 Å². The maximum atomic E-state index is 3.64. The van der Waals surface area contributed by atoms with Gasteiger partial charge in [-0.25, -0.2) is 0 Å². The Morgan fingerprint density at radius 1 is 1.33 bits per heavy atom. The minimum atomic E-state index is 1.10. The zero-order chi connectivity index (χ0) is 6.53. The molecule has 0 aliphatic carbocycles. The van der Waals surface area contributed by atoms with Crippen LogP contribution in [0.5, 0.6) is 0 Å². The lowest BCUT2D eigenvalue weighted by Crippen LogP contribution is -2.18. The van der Waals surface area contributed by atoms with Crippen LogP contribution in [0.25, 0.3) is 0 Å². The molecule has 0 amide bonds. The molecule has 1 heterocycles. The van der Waals surface area contributed by atoms with E-state index in [1.54, 1.807) is 0 Å². The second-order valence-corrected chi connectivity index (χ2v) is 2.48. The Morgan fingerprint density at radius 3 is 2.56 bits per heavy atom. The first-order valence-corrected chi connectivity index (χ1v) is 3.60. The summed E-state index contributed by atoms with van der Waals surface area (Å²) < 4.78 is 0. The monoisotopic (exact) mass is 124 g/mol. The van der Waals surface area contributed by atoms with Gasteiger partial charge in [0.15, 0.2) is 0 Å². The second-order valence-electron chi connectivity index (χ2n) is 2.48. The molecule has 1 saturated heterocycles. The van der Waals surface area contributed by atoms with Gasteiger partial charge >= 0.3 is 0 Å². The quantitative estimate of drug-likeness (QED) is 0.539. The summed E-state index contributed by atoms with van der Waals surface area (Å²) in [5.74, 6) is 0. The molecule has 9 heavy (non-hydrogen) atoms. The van der Waals surface area contributed by atoms with Crippen LogP contribution in [-0.4, -0.2) is 24.5 Å². The maximum absolute atomic E-state index is 3.64. The predicted octanol–water partition coefficient (Wildman–Crippen LogP) is 1.47. The Bertz CT molecular complexity index is 90.7. The van der Waals surface area contributed by atoms with E-state index in [-0.39, 0.29) is 0 Å². The highest BCUT2D eigenvalue weighted by atomic mass is 15.1. The van der Waals surface area contributed by atoms with Crippen LogP contribution in [0, 0.1) is 6.92 Å². The summed E-state index contributed by atoms with van der Waals surface area (Å²) in [7, 11) is 0. The van der Waals surface area contributed by atoms with E-state index in [0.717, 1.165) is 6.54 Å². The van der Waals surface area contributed by atoms with Gasteiger partial charge in [0.25, 0.3) is 0 Å². The largest absolute Gasteiger partial charge is 0.300 e. The van der Waals surface area contributed by atoms with Gasteiger partial charge in [-0.15, -0.1) is 0 Å². The zero-order valence-corrected chi connectivity index (χ0v) is 5.84. The normalized spacial score (nSPS) is 21.9. The lowest BCUT2D eigenvalue weighted by atomic mass is 10.4. The van der Waals surface area contributed by atoms with Gasteiger partial charge in [0, 0.05) is 6.54 Å². The van der Waals surface area contributed by atoms with E-state index in [2.05, 4.69) is 17.9 Å². The van der Waals surface area contributed by atoms with Crippen LogP contribution < -0.4 is 0 Å². The lowest BCUT2D eigenvalue weighted by molar-refractivity contribution is 0.377. The van der Waals surface area contributed by atoms with Crippen molar-refractivity contribution in [1.29, 1.82) is 0 Å². The molecule has 51 valence electrons. The van der Waals surface area contributed by atoms with Crippen molar-refractivity contribution in [2.75, 3.05) is 19.6 Å². The highest BCUT2D eigenvalue weighted by Gasteiger charge is 2.07. The minimum absolute atomic E-state index is 1.10. The third kappa shape index (κ3) is 2.19. The van der Waals surface area contributed by atoms with Gasteiger partial charge in [-0.2, -0.15) is 0 Å². The van der Waals surface area contributed by atoms with Gasteiger partial charge in [0.05, 0.1) is 0 Å². The highest BCUT2D eigenvalue weighted by Crippen LogP contribution is 2.05. The average molecular weight is 124 g/mol. The van der Waals surface area contributed by atoms with E-state index in [1.165, 1.54) is 25.9 Å². The molecule has 0 aromatic heterocycles. The summed E-state index contributed by atoms with van der Waals surface area (Å²) in [5, 5.41) is 0. The molecule has 1 nitrogen and oxygen atoms in total. The first-order chi connectivity index (χ1) is 4.43. The molecular weight excluding hydrogens is 110 g/mol. The highest BCUT2D eigenvalue weighted by molar-refractivity contribution is 4.87. The van der Waals surface area contributed by atoms with E-state index in [9.17, 15) is 0 Å². The van der Waals surface area contributed by atoms with Gasteiger partial charge in [0.2, 0.25) is 0 Å². The van der Waals surface area contributed by atoms with Gasteiger partial charge in [0.1, 0.15) is 0 Å². The van der Waals surface area contributed by atoms with Crippen LogP contribution in [0.4, 0.5) is 0 Å². The summed E-state index contributed by atoms with van der Waals surface area (Å²) in [5.41, 5.74) is 0. The summed E-state index contributed by atoms with van der Waals surface area (Å²) in [6.45, 7) is 7.30. The SMILES string of the molecule is [CH2]C=CCN1CCCC1. The lowest BCUT2D eigenvalue weighted by Gasteiger charge is -2.09. The van der Waals surface area contributed by atoms with Crippen molar-refractivity contribution in [1.82, 2.24) is 4.90 Å². The first kappa shape index (κ1) is 6.81. The van der Waals surface area contributed by atoms with Crippen molar-refractivity contribution in [3.05, 3.63) is 19.1 Å². The van der Waals surface area contributed by atoms with E-state index in [4.69, 9.17) is 0 Å². The summed E-state index contributed by atoms with van der Waals surface area (Å²) in [6.07, 6.45) is 6.75. The minimum Gasteiger partial charge on any atom is -0.300 e.